The number of hydrogen-bond acceptors (Lipinski definition) is 1. The predicted molar refractivity (Wildman–Crippen MR) is 212 cm³/mol. The molecule has 0 heterocycles. The van der Waals surface area contributed by atoms with Crippen LogP contribution < -0.4 is 5.32 Å². The molecule has 1 N–H and O–H groups in total. The average molecular weight is 660 g/mol. The van der Waals surface area contributed by atoms with E-state index in [1.54, 1.807) is 0 Å². The number of hydrogen-bond donors (Lipinski definition) is 1. The highest BCUT2D eigenvalue weighted by Crippen LogP contribution is 2.61. The van der Waals surface area contributed by atoms with Gasteiger partial charge in [0, 0.05) is 16.3 Å². The SMILES string of the molecule is O=C(Nc1c2ccccc2cc2c(-c3ccccc3)c(-c3ccccc3)c(-c3ccccc3)c(-c3ccccc3)c12)C12CC3CC(CC(C3)C1)C2. The smallest absolute Gasteiger partial charge is 0.230 e. The van der Waals surface area contributed by atoms with Gasteiger partial charge in [-0.2, -0.15) is 0 Å². The molecule has 51 heavy (non-hydrogen) atoms. The fourth-order valence-corrected chi connectivity index (χ4v) is 10.7. The Balaban J connectivity index is 1.37. The summed E-state index contributed by atoms with van der Waals surface area (Å²) in [5.74, 6) is 2.30. The number of anilines is 1. The molecule has 4 fully saturated rings. The van der Waals surface area contributed by atoms with Crippen LogP contribution in [0.2, 0.25) is 0 Å². The molecular weight excluding hydrogens is 619 g/mol. The van der Waals surface area contributed by atoms with Crippen molar-refractivity contribution in [1.29, 1.82) is 0 Å². The number of carbonyl (C=O) groups is 1. The lowest BCUT2D eigenvalue weighted by Gasteiger charge is -2.55. The van der Waals surface area contributed by atoms with Crippen LogP contribution in [0, 0.1) is 23.2 Å². The van der Waals surface area contributed by atoms with Crippen molar-refractivity contribution in [3.05, 3.63) is 152 Å². The summed E-state index contributed by atoms with van der Waals surface area (Å²) >= 11 is 0. The van der Waals surface area contributed by atoms with Crippen LogP contribution in [0.1, 0.15) is 38.5 Å². The van der Waals surface area contributed by atoms with Gasteiger partial charge in [-0.15, -0.1) is 0 Å². The molecule has 0 unspecified atom stereocenters. The Labute approximate surface area is 300 Å². The van der Waals surface area contributed by atoms with Crippen molar-refractivity contribution in [1.82, 2.24) is 0 Å². The maximum Gasteiger partial charge on any atom is 0.230 e. The molecule has 0 aliphatic heterocycles. The topological polar surface area (TPSA) is 29.1 Å². The van der Waals surface area contributed by atoms with E-state index in [1.165, 1.54) is 41.5 Å². The summed E-state index contributed by atoms with van der Waals surface area (Å²) in [6, 6.07) is 54.4. The lowest BCUT2D eigenvalue weighted by atomic mass is 9.49. The van der Waals surface area contributed by atoms with Crippen LogP contribution in [0.25, 0.3) is 66.1 Å². The van der Waals surface area contributed by atoms with Crippen LogP contribution in [-0.2, 0) is 4.79 Å². The first-order valence-corrected chi connectivity index (χ1v) is 18.7. The molecule has 2 nitrogen and oxygen atoms in total. The van der Waals surface area contributed by atoms with Crippen molar-refractivity contribution < 1.29 is 4.79 Å². The van der Waals surface area contributed by atoms with E-state index < -0.39 is 0 Å². The van der Waals surface area contributed by atoms with Crippen molar-refractivity contribution >= 4 is 33.1 Å². The van der Waals surface area contributed by atoms with E-state index in [0.29, 0.717) is 17.8 Å². The van der Waals surface area contributed by atoms with Crippen molar-refractivity contribution in [2.45, 2.75) is 38.5 Å². The van der Waals surface area contributed by atoms with Crippen LogP contribution in [0.3, 0.4) is 0 Å². The van der Waals surface area contributed by atoms with Crippen LogP contribution in [0.15, 0.2) is 152 Å². The molecule has 7 aromatic carbocycles. The third-order valence-corrected chi connectivity index (χ3v) is 12.3. The van der Waals surface area contributed by atoms with Crippen LogP contribution >= 0.6 is 0 Å². The number of fused-ring (bicyclic) bond motifs is 2. The lowest BCUT2D eigenvalue weighted by Crippen LogP contribution is -2.51. The molecule has 7 aromatic rings. The van der Waals surface area contributed by atoms with E-state index >= 15 is 4.79 Å². The van der Waals surface area contributed by atoms with Crippen molar-refractivity contribution in [3.8, 4) is 44.5 Å². The highest BCUT2D eigenvalue weighted by atomic mass is 16.2. The maximum atomic E-state index is 15.1. The average Bonchev–Trinajstić information content (AvgIpc) is 3.17. The maximum absolute atomic E-state index is 15.1. The van der Waals surface area contributed by atoms with Gasteiger partial charge in [-0.3, -0.25) is 4.79 Å². The Hall–Kier alpha value is -5.47. The number of amides is 1. The monoisotopic (exact) mass is 659 g/mol. The second-order valence-corrected chi connectivity index (χ2v) is 15.5. The fourth-order valence-electron chi connectivity index (χ4n) is 10.7. The summed E-state index contributed by atoms with van der Waals surface area (Å²) < 4.78 is 0. The van der Waals surface area contributed by atoms with Gasteiger partial charge in [-0.1, -0.05) is 146 Å². The highest BCUT2D eigenvalue weighted by molar-refractivity contribution is 6.28. The van der Waals surface area contributed by atoms with Gasteiger partial charge >= 0.3 is 0 Å². The Morgan fingerprint density at radius 2 is 0.882 bits per heavy atom. The molecule has 248 valence electrons. The second-order valence-electron chi connectivity index (χ2n) is 15.5. The van der Waals surface area contributed by atoms with E-state index in [9.17, 15) is 0 Å². The molecule has 4 aliphatic rings. The normalized spacial score (nSPS) is 22.0. The molecule has 0 spiro atoms. The first kappa shape index (κ1) is 30.4. The van der Waals surface area contributed by atoms with Crippen molar-refractivity contribution in [2.24, 2.45) is 23.2 Å². The zero-order chi connectivity index (χ0) is 33.9. The molecule has 0 aromatic heterocycles. The minimum atomic E-state index is -0.278. The summed E-state index contributed by atoms with van der Waals surface area (Å²) in [4.78, 5) is 15.1. The van der Waals surface area contributed by atoms with Crippen molar-refractivity contribution in [2.75, 3.05) is 5.32 Å². The summed E-state index contributed by atoms with van der Waals surface area (Å²) in [5, 5.41) is 8.25. The summed E-state index contributed by atoms with van der Waals surface area (Å²) in [6.45, 7) is 0. The number of benzene rings is 7. The number of carbonyl (C=O) groups excluding carboxylic acids is 1. The van der Waals surface area contributed by atoms with Gasteiger partial charge in [-0.25, -0.2) is 0 Å². The minimum Gasteiger partial charge on any atom is -0.324 e. The molecule has 0 atom stereocenters. The number of rotatable bonds is 6. The quantitative estimate of drug-likeness (QED) is 0.177. The van der Waals surface area contributed by atoms with E-state index in [0.717, 1.165) is 68.7 Å². The largest absolute Gasteiger partial charge is 0.324 e. The molecule has 4 aliphatic carbocycles. The second kappa shape index (κ2) is 12.1. The molecule has 2 heteroatoms. The standard InChI is InChI=1S/C49H41NO/c51-48(49-29-32-25-33(30-49)27-34(26-32)31-49)50-47-40-24-14-13-23-39(40)28-41-42(35-15-5-1-6-16-35)43(36-17-7-2-8-18-36)44(37-19-9-3-10-20-37)45(46(41)47)38-21-11-4-12-22-38/h1-24,28,32-34H,25-27,29-31H2,(H,50,51). The van der Waals surface area contributed by atoms with E-state index in [1.807, 2.05) is 0 Å². The predicted octanol–water partition coefficient (Wildman–Crippen LogP) is 12.8. The molecule has 1 amide bonds. The summed E-state index contributed by atoms with van der Waals surface area (Å²) in [6.07, 6.45) is 7.02. The van der Waals surface area contributed by atoms with Crippen LogP contribution in [0.4, 0.5) is 5.69 Å². The summed E-state index contributed by atoms with van der Waals surface area (Å²) in [7, 11) is 0. The third kappa shape index (κ3) is 5.03. The van der Waals surface area contributed by atoms with E-state index in [2.05, 4.69) is 157 Å². The Bertz CT molecular complexity index is 2380. The van der Waals surface area contributed by atoms with Crippen LogP contribution in [-0.4, -0.2) is 5.91 Å². The van der Waals surface area contributed by atoms with Crippen LogP contribution in [0.5, 0.6) is 0 Å². The molecule has 0 radical (unpaired) electrons. The van der Waals surface area contributed by atoms with Gasteiger partial charge < -0.3 is 5.32 Å². The fraction of sp³-hybridized carbons (Fsp3) is 0.204. The molecule has 4 bridgehead atoms. The lowest BCUT2D eigenvalue weighted by molar-refractivity contribution is -0.140. The van der Waals surface area contributed by atoms with E-state index in [4.69, 9.17) is 0 Å². The molecule has 4 saturated carbocycles. The minimum absolute atomic E-state index is 0.230. The van der Waals surface area contributed by atoms with Gasteiger partial charge in [0.25, 0.3) is 0 Å². The molecule has 0 saturated heterocycles. The Morgan fingerprint density at radius 3 is 1.39 bits per heavy atom. The van der Waals surface area contributed by atoms with Gasteiger partial charge in [-0.05, 0) is 112 Å². The van der Waals surface area contributed by atoms with Gasteiger partial charge in [0.15, 0.2) is 0 Å². The first-order chi connectivity index (χ1) is 25.1. The molecule has 11 rings (SSSR count). The van der Waals surface area contributed by atoms with Gasteiger partial charge in [0.1, 0.15) is 0 Å². The highest BCUT2D eigenvalue weighted by Gasteiger charge is 2.54. The third-order valence-electron chi connectivity index (χ3n) is 12.3. The van der Waals surface area contributed by atoms with Gasteiger partial charge in [0.2, 0.25) is 5.91 Å². The van der Waals surface area contributed by atoms with E-state index in [-0.39, 0.29) is 11.3 Å². The zero-order valence-corrected chi connectivity index (χ0v) is 28.8. The Morgan fingerprint density at radius 1 is 0.471 bits per heavy atom. The summed E-state index contributed by atoms with van der Waals surface area (Å²) in [5.41, 5.74) is 10.0. The Kier molecular flexibility index (Phi) is 7.20. The number of nitrogens with one attached hydrogen (secondary N) is 1. The first-order valence-electron chi connectivity index (χ1n) is 18.7. The van der Waals surface area contributed by atoms with Gasteiger partial charge in [0.05, 0.1) is 11.1 Å². The zero-order valence-electron chi connectivity index (χ0n) is 28.8. The molecular formula is C49H41NO. The van der Waals surface area contributed by atoms with Crippen molar-refractivity contribution in [3.63, 3.8) is 0 Å².